The largest absolute Gasteiger partial charge is 0.489 e. The fraction of sp³-hybridized carbons (Fsp3) is 0.250. The third-order valence-corrected chi connectivity index (χ3v) is 3.44. The first-order valence-electron chi connectivity index (χ1n) is 6.56. The molecular formula is C16H16BrF2NO. The van der Waals surface area contributed by atoms with Gasteiger partial charge in [-0.25, -0.2) is 8.78 Å². The molecule has 0 heterocycles. The lowest BCUT2D eigenvalue weighted by molar-refractivity contribution is 0.301. The van der Waals surface area contributed by atoms with Gasteiger partial charge in [-0.05, 0) is 54.8 Å². The number of hydrogen-bond donors (Lipinski definition) is 1. The van der Waals surface area contributed by atoms with E-state index in [-0.39, 0.29) is 12.6 Å². The number of ether oxygens (including phenoxy) is 1. The summed E-state index contributed by atoms with van der Waals surface area (Å²) < 4.78 is 32.7. The van der Waals surface area contributed by atoms with Crippen LogP contribution in [0.25, 0.3) is 0 Å². The average Bonchev–Trinajstić information content (AvgIpc) is 2.41. The number of nitrogens with two attached hydrogens (primary N) is 1. The summed E-state index contributed by atoms with van der Waals surface area (Å²) in [5.41, 5.74) is 7.37. The lowest BCUT2D eigenvalue weighted by Crippen LogP contribution is -2.18. The number of hydrogen-bond acceptors (Lipinski definition) is 2. The topological polar surface area (TPSA) is 35.2 Å². The Balaban J connectivity index is 2.13. The molecule has 2 aromatic carbocycles. The van der Waals surface area contributed by atoms with Gasteiger partial charge in [-0.1, -0.05) is 22.0 Å². The van der Waals surface area contributed by atoms with Gasteiger partial charge in [0.05, 0.1) is 0 Å². The van der Waals surface area contributed by atoms with Gasteiger partial charge in [-0.15, -0.1) is 0 Å². The number of halogens is 3. The first-order valence-corrected chi connectivity index (χ1v) is 7.35. The first kappa shape index (κ1) is 15.9. The van der Waals surface area contributed by atoms with Gasteiger partial charge in [0.25, 0.3) is 0 Å². The highest BCUT2D eigenvalue weighted by molar-refractivity contribution is 9.10. The monoisotopic (exact) mass is 355 g/mol. The van der Waals surface area contributed by atoms with Crippen LogP contribution in [0.4, 0.5) is 8.78 Å². The minimum atomic E-state index is -0.872. The molecule has 0 amide bonds. The van der Waals surface area contributed by atoms with Crippen molar-refractivity contribution in [1.29, 1.82) is 0 Å². The maximum absolute atomic E-state index is 13.2. The smallest absolute Gasteiger partial charge is 0.159 e. The highest BCUT2D eigenvalue weighted by atomic mass is 79.9. The normalized spacial score (nSPS) is 12.2. The molecule has 0 radical (unpaired) electrons. The summed E-state index contributed by atoms with van der Waals surface area (Å²) >= 11 is 3.41. The van der Waals surface area contributed by atoms with Crippen LogP contribution in [-0.4, -0.2) is 6.04 Å². The lowest BCUT2D eigenvalue weighted by Gasteiger charge is -2.14. The predicted molar refractivity (Wildman–Crippen MR) is 82.2 cm³/mol. The van der Waals surface area contributed by atoms with E-state index in [0.29, 0.717) is 17.7 Å². The van der Waals surface area contributed by atoms with E-state index in [2.05, 4.69) is 15.9 Å². The van der Waals surface area contributed by atoms with Crippen LogP contribution in [0.3, 0.4) is 0 Å². The van der Waals surface area contributed by atoms with E-state index < -0.39 is 11.6 Å². The summed E-state index contributed by atoms with van der Waals surface area (Å²) in [6, 6.07) is 9.39. The van der Waals surface area contributed by atoms with Gasteiger partial charge < -0.3 is 10.5 Å². The Morgan fingerprint density at radius 3 is 2.57 bits per heavy atom. The molecule has 2 nitrogen and oxygen atoms in total. The van der Waals surface area contributed by atoms with Gasteiger partial charge in [-0.2, -0.15) is 0 Å². The van der Waals surface area contributed by atoms with Crippen LogP contribution in [-0.2, 0) is 13.0 Å². The SMILES string of the molecule is CC(N)Cc1cc(Br)ccc1OCc1ccc(F)c(F)c1. The summed E-state index contributed by atoms with van der Waals surface area (Å²) in [4.78, 5) is 0. The molecule has 0 bridgehead atoms. The van der Waals surface area contributed by atoms with Crippen LogP contribution in [0.5, 0.6) is 5.75 Å². The van der Waals surface area contributed by atoms with Gasteiger partial charge in [0.1, 0.15) is 12.4 Å². The molecule has 0 aromatic heterocycles. The molecule has 5 heteroatoms. The summed E-state index contributed by atoms with van der Waals surface area (Å²) in [6.07, 6.45) is 0.673. The molecule has 0 fully saturated rings. The zero-order valence-corrected chi connectivity index (χ0v) is 13.2. The third kappa shape index (κ3) is 4.51. The zero-order valence-electron chi connectivity index (χ0n) is 11.6. The second-order valence-electron chi connectivity index (χ2n) is 4.97. The molecule has 1 atom stereocenters. The van der Waals surface area contributed by atoms with Crippen molar-refractivity contribution in [3.05, 3.63) is 63.6 Å². The van der Waals surface area contributed by atoms with Crippen LogP contribution >= 0.6 is 15.9 Å². The Labute approximate surface area is 131 Å². The van der Waals surface area contributed by atoms with E-state index in [0.717, 1.165) is 22.2 Å². The van der Waals surface area contributed by atoms with E-state index in [1.807, 2.05) is 25.1 Å². The molecule has 0 aliphatic rings. The maximum atomic E-state index is 13.2. The quantitative estimate of drug-likeness (QED) is 0.872. The summed E-state index contributed by atoms with van der Waals surface area (Å²) in [5, 5.41) is 0. The van der Waals surface area contributed by atoms with E-state index in [1.165, 1.54) is 6.07 Å². The average molecular weight is 356 g/mol. The Bertz CT molecular complexity index is 632. The number of rotatable bonds is 5. The Hall–Kier alpha value is -1.46. The standard InChI is InChI=1S/C16H16BrF2NO/c1-10(20)6-12-8-13(17)3-5-16(12)21-9-11-2-4-14(18)15(19)7-11/h2-5,7-8,10H,6,9,20H2,1H3. The second-order valence-corrected chi connectivity index (χ2v) is 5.89. The summed E-state index contributed by atoms with van der Waals surface area (Å²) in [5.74, 6) is -1.04. The molecule has 2 aromatic rings. The summed E-state index contributed by atoms with van der Waals surface area (Å²) in [6.45, 7) is 2.09. The van der Waals surface area contributed by atoms with Crippen molar-refractivity contribution in [1.82, 2.24) is 0 Å². The number of benzene rings is 2. The Morgan fingerprint density at radius 1 is 1.14 bits per heavy atom. The molecular weight excluding hydrogens is 340 g/mol. The van der Waals surface area contributed by atoms with Crippen molar-refractivity contribution < 1.29 is 13.5 Å². The first-order chi connectivity index (χ1) is 9.95. The van der Waals surface area contributed by atoms with Crippen LogP contribution in [0, 0.1) is 11.6 Å². The van der Waals surface area contributed by atoms with Crippen LogP contribution < -0.4 is 10.5 Å². The van der Waals surface area contributed by atoms with Crippen LogP contribution in [0.2, 0.25) is 0 Å². The Morgan fingerprint density at radius 2 is 1.90 bits per heavy atom. The minimum Gasteiger partial charge on any atom is -0.489 e. The molecule has 2 rings (SSSR count). The molecule has 2 N–H and O–H groups in total. The maximum Gasteiger partial charge on any atom is 0.159 e. The van der Waals surface area contributed by atoms with E-state index in [4.69, 9.17) is 10.5 Å². The predicted octanol–water partition coefficient (Wildman–Crippen LogP) is 4.20. The highest BCUT2D eigenvalue weighted by Gasteiger charge is 2.08. The fourth-order valence-corrected chi connectivity index (χ4v) is 2.39. The molecule has 0 saturated carbocycles. The molecule has 0 saturated heterocycles. The molecule has 0 spiro atoms. The van der Waals surface area contributed by atoms with Gasteiger partial charge in [0, 0.05) is 10.5 Å². The van der Waals surface area contributed by atoms with Gasteiger partial charge in [0.15, 0.2) is 11.6 Å². The van der Waals surface area contributed by atoms with Crippen molar-refractivity contribution in [2.24, 2.45) is 5.73 Å². The van der Waals surface area contributed by atoms with Crippen molar-refractivity contribution in [3.8, 4) is 5.75 Å². The summed E-state index contributed by atoms with van der Waals surface area (Å²) in [7, 11) is 0. The van der Waals surface area contributed by atoms with Gasteiger partial charge >= 0.3 is 0 Å². The molecule has 1 unspecified atom stereocenters. The van der Waals surface area contributed by atoms with Gasteiger partial charge in [-0.3, -0.25) is 0 Å². The van der Waals surface area contributed by atoms with Gasteiger partial charge in [0.2, 0.25) is 0 Å². The second kappa shape index (κ2) is 7.00. The lowest BCUT2D eigenvalue weighted by atomic mass is 10.1. The van der Waals surface area contributed by atoms with Crippen LogP contribution in [0.15, 0.2) is 40.9 Å². The molecule has 112 valence electrons. The van der Waals surface area contributed by atoms with E-state index in [9.17, 15) is 8.78 Å². The molecule has 0 aliphatic carbocycles. The van der Waals surface area contributed by atoms with E-state index in [1.54, 1.807) is 0 Å². The Kier molecular flexibility index (Phi) is 5.31. The van der Waals surface area contributed by atoms with Crippen LogP contribution in [0.1, 0.15) is 18.1 Å². The fourth-order valence-electron chi connectivity index (χ4n) is 1.99. The highest BCUT2D eigenvalue weighted by Crippen LogP contribution is 2.25. The minimum absolute atomic E-state index is 0.00455. The van der Waals surface area contributed by atoms with E-state index >= 15 is 0 Å². The van der Waals surface area contributed by atoms with Crippen molar-refractivity contribution in [2.45, 2.75) is 26.0 Å². The molecule has 21 heavy (non-hydrogen) atoms. The van der Waals surface area contributed by atoms with Crippen molar-refractivity contribution in [3.63, 3.8) is 0 Å². The van der Waals surface area contributed by atoms with Crippen molar-refractivity contribution in [2.75, 3.05) is 0 Å². The van der Waals surface area contributed by atoms with Crippen molar-refractivity contribution >= 4 is 15.9 Å². The zero-order chi connectivity index (χ0) is 15.4. The third-order valence-electron chi connectivity index (χ3n) is 2.94. The molecule has 0 aliphatic heterocycles.